The first kappa shape index (κ1) is 8.88. The molecule has 0 bridgehead atoms. The second-order valence-corrected chi connectivity index (χ2v) is 2.14. The van der Waals surface area contributed by atoms with Gasteiger partial charge in [0.1, 0.15) is 6.61 Å². The van der Waals surface area contributed by atoms with E-state index in [1.807, 2.05) is 0 Å². The van der Waals surface area contributed by atoms with Crippen molar-refractivity contribution in [3.05, 3.63) is 12.2 Å². The van der Waals surface area contributed by atoms with Gasteiger partial charge in [-0.15, -0.1) is 0 Å². The molecule has 0 saturated carbocycles. The summed E-state index contributed by atoms with van der Waals surface area (Å²) in [5.74, 6) is -0.438. The number of rotatable bonds is 3. The molecule has 0 unspecified atom stereocenters. The van der Waals surface area contributed by atoms with Gasteiger partial charge in [-0.05, 0) is 13.8 Å². The van der Waals surface area contributed by atoms with E-state index in [0.717, 1.165) is 0 Å². The summed E-state index contributed by atoms with van der Waals surface area (Å²) in [7, 11) is 0. The minimum atomic E-state index is -0.438. The maximum absolute atomic E-state index is 10.6. The predicted molar refractivity (Wildman–Crippen MR) is 39.2 cm³/mol. The number of hydrogen-bond acceptors (Lipinski definition) is 3. The van der Waals surface area contributed by atoms with Crippen molar-refractivity contribution in [2.45, 2.75) is 13.8 Å². The van der Waals surface area contributed by atoms with E-state index in [1.165, 1.54) is 0 Å². The highest BCUT2D eigenvalue weighted by Gasteiger charge is 2.01. The van der Waals surface area contributed by atoms with E-state index in [4.69, 9.17) is 5.41 Å². The molecule has 0 spiro atoms. The molecule has 0 aliphatic carbocycles. The van der Waals surface area contributed by atoms with E-state index in [1.54, 1.807) is 13.8 Å². The van der Waals surface area contributed by atoms with Crippen molar-refractivity contribution in [1.82, 2.24) is 0 Å². The lowest BCUT2D eigenvalue weighted by Gasteiger charge is -2.00. The molecule has 0 saturated heterocycles. The number of ether oxygens (including phenoxy) is 1. The maximum atomic E-state index is 10.6. The van der Waals surface area contributed by atoms with Crippen molar-refractivity contribution >= 4 is 11.7 Å². The van der Waals surface area contributed by atoms with Crippen LogP contribution in [-0.4, -0.2) is 18.3 Å². The van der Waals surface area contributed by atoms with Crippen LogP contribution in [0.2, 0.25) is 0 Å². The Morgan fingerprint density at radius 2 is 2.10 bits per heavy atom. The summed E-state index contributed by atoms with van der Waals surface area (Å²) in [6, 6.07) is 0. The molecule has 1 N–H and O–H groups in total. The predicted octanol–water partition coefficient (Wildman–Crippen LogP) is 1.15. The quantitative estimate of drug-likeness (QED) is 0.364. The van der Waals surface area contributed by atoms with Crippen LogP contribution in [0.15, 0.2) is 12.2 Å². The highest BCUT2D eigenvalue weighted by Crippen LogP contribution is 1.91. The topological polar surface area (TPSA) is 50.2 Å². The van der Waals surface area contributed by atoms with Crippen molar-refractivity contribution in [3.63, 3.8) is 0 Å². The van der Waals surface area contributed by atoms with Gasteiger partial charge in [-0.25, -0.2) is 4.79 Å². The average Bonchev–Trinajstić information content (AvgIpc) is 1.82. The van der Waals surface area contributed by atoms with Crippen molar-refractivity contribution < 1.29 is 9.53 Å². The van der Waals surface area contributed by atoms with Crippen LogP contribution in [-0.2, 0) is 9.53 Å². The Kier molecular flexibility index (Phi) is 3.39. The fourth-order valence-electron chi connectivity index (χ4n) is 0.297. The van der Waals surface area contributed by atoms with Gasteiger partial charge in [0.15, 0.2) is 0 Å². The minimum Gasteiger partial charge on any atom is -0.456 e. The first-order valence-corrected chi connectivity index (χ1v) is 2.90. The van der Waals surface area contributed by atoms with Crippen LogP contribution in [0.1, 0.15) is 13.8 Å². The molecule has 0 radical (unpaired) electrons. The minimum absolute atomic E-state index is 0.0612. The summed E-state index contributed by atoms with van der Waals surface area (Å²) in [6.45, 7) is 6.60. The largest absolute Gasteiger partial charge is 0.456 e. The fourth-order valence-corrected chi connectivity index (χ4v) is 0.297. The van der Waals surface area contributed by atoms with Crippen LogP contribution >= 0.6 is 0 Å². The molecule has 0 rings (SSSR count). The molecule has 0 heterocycles. The van der Waals surface area contributed by atoms with Gasteiger partial charge in [0.25, 0.3) is 0 Å². The average molecular weight is 141 g/mol. The molecule has 3 heteroatoms. The molecule has 0 fully saturated rings. The number of esters is 1. The van der Waals surface area contributed by atoms with Crippen molar-refractivity contribution in [3.8, 4) is 0 Å². The van der Waals surface area contributed by atoms with Gasteiger partial charge < -0.3 is 10.1 Å². The molecule has 0 amide bonds. The van der Waals surface area contributed by atoms with Crippen molar-refractivity contribution in [2.24, 2.45) is 0 Å². The third-order valence-electron chi connectivity index (χ3n) is 0.768. The molecular formula is C7H11NO2. The zero-order chi connectivity index (χ0) is 8.15. The molecule has 56 valence electrons. The van der Waals surface area contributed by atoms with Crippen molar-refractivity contribution in [2.75, 3.05) is 6.61 Å². The second-order valence-electron chi connectivity index (χ2n) is 2.14. The summed E-state index contributed by atoms with van der Waals surface area (Å²) in [4.78, 5) is 10.6. The highest BCUT2D eigenvalue weighted by molar-refractivity contribution is 5.89. The maximum Gasteiger partial charge on any atom is 0.333 e. The van der Waals surface area contributed by atoms with Crippen molar-refractivity contribution in [1.29, 1.82) is 5.41 Å². The van der Waals surface area contributed by atoms with Gasteiger partial charge >= 0.3 is 5.97 Å². The van der Waals surface area contributed by atoms with E-state index in [2.05, 4.69) is 11.3 Å². The van der Waals surface area contributed by atoms with Crippen LogP contribution < -0.4 is 0 Å². The Bertz CT molecular complexity index is 172. The standard InChI is InChI=1S/C7H11NO2/c1-5(2)7(9)10-4-6(3)8/h8H,1,4H2,2-3H3. The van der Waals surface area contributed by atoms with E-state index in [9.17, 15) is 4.79 Å². The van der Waals surface area contributed by atoms with Gasteiger partial charge in [-0.1, -0.05) is 6.58 Å². The molecule has 0 aromatic heterocycles. The van der Waals surface area contributed by atoms with Crippen LogP contribution in [0.4, 0.5) is 0 Å². The lowest BCUT2D eigenvalue weighted by molar-refractivity contribution is -0.137. The summed E-state index contributed by atoms with van der Waals surface area (Å²) in [6.07, 6.45) is 0. The number of carbonyl (C=O) groups excluding carboxylic acids is 1. The molecule has 10 heavy (non-hydrogen) atoms. The molecule has 3 nitrogen and oxygen atoms in total. The summed E-state index contributed by atoms with van der Waals surface area (Å²) in [5, 5.41) is 6.92. The van der Waals surface area contributed by atoms with Gasteiger partial charge in [0, 0.05) is 11.3 Å². The summed E-state index contributed by atoms with van der Waals surface area (Å²) < 4.78 is 4.60. The van der Waals surface area contributed by atoms with E-state index in [-0.39, 0.29) is 6.61 Å². The Morgan fingerprint density at radius 1 is 1.60 bits per heavy atom. The smallest absolute Gasteiger partial charge is 0.333 e. The lowest BCUT2D eigenvalue weighted by Crippen LogP contribution is -2.10. The molecule has 0 aliphatic rings. The number of carbonyl (C=O) groups is 1. The fraction of sp³-hybridized carbons (Fsp3) is 0.429. The summed E-state index contributed by atoms with van der Waals surface area (Å²) >= 11 is 0. The first-order valence-electron chi connectivity index (χ1n) is 2.90. The first-order chi connectivity index (χ1) is 4.54. The lowest BCUT2D eigenvalue weighted by atomic mass is 10.4. The Morgan fingerprint density at radius 3 is 2.40 bits per heavy atom. The third-order valence-corrected chi connectivity index (χ3v) is 0.768. The van der Waals surface area contributed by atoms with Crippen LogP contribution in [0.3, 0.4) is 0 Å². The Balaban J connectivity index is 3.60. The SMILES string of the molecule is C=C(C)C(=O)OCC(C)=N. The summed E-state index contributed by atoms with van der Waals surface area (Å²) in [5.41, 5.74) is 0.691. The van der Waals surface area contributed by atoms with Crippen LogP contribution in [0, 0.1) is 5.41 Å². The zero-order valence-electron chi connectivity index (χ0n) is 6.23. The van der Waals surface area contributed by atoms with Gasteiger partial charge in [0.2, 0.25) is 0 Å². The second kappa shape index (κ2) is 3.82. The zero-order valence-corrected chi connectivity index (χ0v) is 6.23. The molecule has 0 aromatic rings. The Hall–Kier alpha value is -1.12. The van der Waals surface area contributed by atoms with Gasteiger partial charge in [0.05, 0.1) is 0 Å². The molecular weight excluding hydrogens is 130 g/mol. The Labute approximate surface area is 60.2 Å². The number of hydrogen-bond donors (Lipinski definition) is 1. The molecule has 0 aliphatic heterocycles. The third kappa shape index (κ3) is 3.83. The number of nitrogens with one attached hydrogen (secondary N) is 1. The van der Waals surface area contributed by atoms with Crippen LogP contribution in [0.5, 0.6) is 0 Å². The monoisotopic (exact) mass is 141 g/mol. The normalized spacial score (nSPS) is 8.60. The molecule has 0 aromatic carbocycles. The van der Waals surface area contributed by atoms with E-state index >= 15 is 0 Å². The van der Waals surface area contributed by atoms with E-state index in [0.29, 0.717) is 11.3 Å². The van der Waals surface area contributed by atoms with Crippen LogP contribution in [0.25, 0.3) is 0 Å². The highest BCUT2D eigenvalue weighted by atomic mass is 16.5. The van der Waals surface area contributed by atoms with Gasteiger partial charge in [-0.3, -0.25) is 0 Å². The molecule has 0 atom stereocenters. The van der Waals surface area contributed by atoms with Gasteiger partial charge in [-0.2, -0.15) is 0 Å². The van der Waals surface area contributed by atoms with E-state index < -0.39 is 5.97 Å².